The number of para-hydroxylation sites is 1. The number of aliphatic hydroxyl groups excluding tert-OH is 1. The number of phenols is 1. The highest BCUT2D eigenvalue weighted by Crippen LogP contribution is 2.33. The molecule has 15 heavy (non-hydrogen) atoms. The van der Waals surface area contributed by atoms with Crippen LogP contribution in [0, 0.1) is 0 Å². The monoisotopic (exact) mass is 212 g/mol. The number of benzene rings is 1. The van der Waals surface area contributed by atoms with E-state index in [0.717, 1.165) is 0 Å². The molecule has 3 N–H and O–H groups in total. The van der Waals surface area contributed by atoms with Gasteiger partial charge in [-0.1, -0.05) is 12.1 Å². The van der Waals surface area contributed by atoms with Crippen molar-refractivity contribution in [2.24, 2.45) is 0 Å². The molecule has 0 bridgehead atoms. The van der Waals surface area contributed by atoms with E-state index >= 15 is 0 Å². The molecule has 0 fully saturated rings. The fourth-order valence-electron chi connectivity index (χ4n) is 1.16. The number of carboxylic acids is 1. The number of hydrogen-bond donors (Lipinski definition) is 3. The molecule has 0 aromatic heterocycles. The zero-order chi connectivity index (χ0) is 11.4. The predicted molar refractivity (Wildman–Crippen MR) is 51.9 cm³/mol. The highest BCUT2D eigenvalue weighted by Gasteiger charge is 2.21. The summed E-state index contributed by atoms with van der Waals surface area (Å²) < 4.78 is 5.05. The lowest BCUT2D eigenvalue weighted by Gasteiger charge is -2.11. The van der Waals surface area contributed by atoms with Crippen molar-refractivity contribution in [2.45, 2.75) is 13.0 Å². The molecule has 1 rings (SSSR count). The lowest BCUT2D eigenvalue weighted by atomic mass is 10.1. The van der Waals surface area contributed by atoms with Gasteiger partial charge in [-0.05, 0) is 13.0 Å². The standard InChI is InChI=1S/C10H12O5/c1-2-15-7-5-3-4-6(8(7)11)9(12)10(13)14/h3-5,9,11-12H,2H2,1H3,(H,13,14). The fraction of sp³-hybridized carbons (Fsp3) is 0.300. The highest BCUT2D eigenvalue weighted by molar-refractivity contribution is 5.75. The number of aromatic hydroxyl groups is 1. The third kappa shape index (κ3) is 2.38. The van der Waals surface area contributed by atoms with Crippen LogP contribution in [0.5, 0.6) is 11.5 Å². The minimum Gasteiger partial charge on any atom is -0.504 e. The summed E-state index contributed by atoms with van der Waals surface area (Å²) in [7, 11) is 0. The fourth-order valence-corrected chi connectivity index (χ4v) is 1.16. The van der Waals surface area contributed by atoms with Gasteiger partial charge in [0, 0.05) is 5.56 Å². The molecule has 0 aliphatic carbocycles. The summed E-state index contributed by atoms with van der Waals surface area (Å²) in [5.74, 6) is -1.59. The summed E-state index contributed by atoms with van der Waals surface area (Å²) in [6.45, 7) is 2.08. The minimum absolute atomic E-state index is 0.0755. The van der Waals surface area contributed by atoms with Crippen molar-refractivity contribution >= 4 is 5.97 Å². The van der Waals surface area contributed by atoms with Gasteiger partial charge in [-0.15, -0.1) is 0 Å². The van der Waals surface area contributed by atoms with Gasteiger partial charge in [-0.2, -0.15) is 0 Å². The Kier molecular flexibility index (Phi) is 3.51. The van der Waals surface area contributed by atoms with Gasteiger partial charge in [0.25, 0.3) is 0 Å². The first-order valence-electron chi connectivity index (χ1n) is 4.43. The maximum atomic E-state index is 10.5. The smallest absolute Gasteiger partial charge is 0.337 e. The van der Waals surface area contributed by atoms with Crippen molar-refractivity contribution in [2.75, 3.05) is 6.61 Å². The van der Waals surface area contributed by atoms with Gasteiger partial charge in [0.05, 0.1) is 6.61 Å². The molecule has 0 spiro atoms. The normalized spacial score (nSPS) is 12.1. The second-order valence-corrected chi connectivity index (χ2v) is 2.87. The average Bonchev–Trinajstić information content (AvgIpc) is 2.20. The van der Waals surface area contributed by atoms with Crippen LogP contribution in [0.4, 0.5) is 0 Å². The Labute approximate surface area is 86.5 Å². The quantitative estimate of drug-likeness (QED) is 0.690. The summed E-state index contributed by atoms with van der Waals surface area (Å²) in [6.07, 6.45) is -1.74. The molecule has 1 unspecified atom stereocenters. The van der Waals surface area contributed by atoms with E-state index in [9.17, 15) is 15.0 Å². The number of ether oxygens (including phenoxy) is 1. The third-order valence-electron chi connectivity index (χ3n) is 1.86. The van der Waals surface area contributed by atoms with Crippen LogP contribution < -0.4 is 4.74 Å². The highest BCUT2D eigenvalue weighted by atomic mass is 16.5. The molecule has 0 amide bonds. The van der Waals surface area contributed by atoms with E-state index < -0.39 is 12.1 Å². The van der Waals surface area contributed by atoms with E-state index in [1.807, 2.05) is 0 Å². The second-order valence-electron chi connectivity index (χ2n) is 2.87. The van der Waals surface area contributed by atoms with Crippen LogP contribution in [0.1, 0.15) is 18.6 Å². The number of carboxylic acid groups (broad SMARTS) is 1. The molecule has 0 aliphatic heterocycles. The van der Waals surface area contributed by atoms with Crippen LogP contribution in [0.3, 0.4) is 0 Å². The van der Waals surface area contributed by atoms with Gasteiger partial charge in [-0.3, -0.25) is 0 Å². The van der Waals surface area contributed by atoms with E-state index in [0.29, 0.717) is 6.61 Å². The van der Waals surface area contributed by atoms with E-state index in [2.05, 4.69) is 0 Å². The SMILES string of the molecule is CCOc1cccc(C(O)C(=O)O)c1O. The van der Waals surface area contributed by atoms with Crippen molar-refractivity contribution in [3.8, 4) is 11.5 Å². The summed E-state index contributed by atoms with van der Waals surface area (Å²) in [5.41, 5.74) is -0.0755. The molecule has 0 saturated heterocycles. The molecular weight excluding hydrogens is 200 g/mol. The topological polar surface area (TPSA) is 87.0 Å². The van der Waals surface area contributed by atoms with E-state index in [4.69, 9.17) is 9.84 Å². The van der Waals surface area contributed by atoms with Crippen molar-refractivity contribution in [1.82, 2.24) is 0 Å². The van der Waals surface area contributed by atoms with E-state index in [1.54, 1.807) is 6.92 Å². The van der Waals surface area contributed by atoms with Crippen LogP contribution in [0.2, 0.25) is 0 Å². The van der Waals surface area contributed by atoms with Crippen LogP contribution in [0.15, 0.2) is 18.2 Å². The van der Waals surface area contributed by atoms with Gasteiger partial charge in [-0.25, -0.2) is 4.79 Å². The van der Waals surface area contributed by atoms with Crippen molar-refractivity contribution in [1.29, 1.82) is 0 Å². The number of rotatable bonds is 4. The Balaban J connectivity index is 3.08. The first-order chi connectivity index (χ1) is 7.07. The molecule has 1 aromatic carbocycles. The summed E-state index contributed by atoms with van der Waals surface area (Å²) in [4.78, 5) is 10.5. The zero-order valence-electron chi connectivity index (χ0n) is 8.17. The Morgan fingerprint density at radius 2 is 2.20 bits per heavy atom. The second kappa shape index (κ2) is 4.65. The Morgan fingerprint density at radius 1 is 1.53 bits per heavy atom. The molecule has 0 saturated carbocycles. The Hall–Kier alpha value is -1.75. The third-order valence-corrected chi connectivity index (χ3v) is 1.86. The first-order valence-corrected chi connectivity index (χ1v) is 4.43. The molecule has 1 atom stereocenters. The van der Waals surface area contributed by atoms with Crippen molar-refractivity contribution in [3.05, 3.63) is 23.8 Å². The van der Waals surface area contributed by atoms with E-state index in [-0.39, 0.29) is 17.1 Å². The van der Waals surface area contributed by atoms with Crippen LogP contribution >= 0.6 is 0 Å². The summed E-state index contributed by atoms with van der Waals surface area (Å²) >= 11 is 0. The van der Waals surface area contributed by atoms with Crippen LogP contribution in [-0.4, -0.2) is 27.9 Å². The average molecular weight is 212 g/mol. The number of phenolic OH excluding ortho intramolecular Hbond substituents is 1. The van der Waals surface area contributed by atoms with Crippen molar-refractivity contribution < 1.29 is 24.9 Å². The number of aliphatic carboxylic acids is 1. The number of hydrogen-bond acceptors (Lipinski definition) is 4. The predicted octanol–water partition coefficient (Wildman–Crippen LogP) is 0.909. The van der Waals surface area contributed by atoms with Gasteiger partial charge in [0.2, 0.25) is 0 Å². The molecule has 1 aromatic rings. The molecule has 5 heteroatoms. The lowest BCUT2D eigenvalue weighted by Crippen LogP contribution is -2.10. The van der Waals surface area contributed by atoms with E-state index in [1.165, 1.54) is 18.2 Å². The zero-order valence-corrected chi connectivity index (χ0v) is 8.17. The van der Waals surface area contributed by atoms with Crippen molar-refractivity contribution in [3.63, 3.8) is 0 Å². The molecule has 5 nitrogen and oxygen atoms in total. The lowest BCUT2D eigenvalue weighted by molar-refractivity contribution is -0.147. The van der Waals surface area contributed by atoms with Gasteiger partial charge in [0.15, 0.2) is 17.6 Å². The largest absolute Gasteiger partial charge is 0.504 e. The Morgan fingerprint density at radius 3 is 2.73 bits per heavy atom. The van der Waals surface area contributed by atoms with Crippen LogP contribution in [0.25, 0.3) is 0 Å². The molecule has 0 radical (unpaired) electrons. The maximum absolute atomic E-state index is 10.5. The minimum atomic E-state index is -1.74. The maximum Gasteiger partial charge on any atom is 0.337 e. The van der Waals surface area contributed by atoms with Gasteiger partial charge in [0.1, 0.15) is 0 Å². The number of carbonyl (C=O) groups is 1. The molecule has 82 valence electrons. The first kappa shape index (κ1) is 11.3. The van der Waals surface area contributed by atoms with Gasteiger partial charge < -0.3 is 20.1 Å². The molecule has 0 heterocycles. The van der Waals surface area contributed by atoms with Crippen LogP contribution in [-0.2, 0) is 4.79 Å². The van der Waals surface area contributed by atoms with Gasteiger partial charge >= 0.3 is 5.97 Å². The Bertz CT molecular complexity index is 361. The summed E-state index contributed by atoms with van der Waals surface area (Å²) in [6, 6.07) is 4.33. The molecular formula is C10H12O5. The molecule has 0 aliphatic rings. The number of aliphatic hydroxyl groups is 1. The summed E-state index contributed by atoms with van der Waals surface area (Å²) in [5, 5.41) is 27.4.